The first kappa shape index (κ1) is 13.6. The zero-order valence-electron chi connectivity index (χ0n) is 11.2. The second-order valence-corrected chi connectivity index (χ2v) is 5.43. The highest BCUT2D eigenvalue weighted by molar-refractivity contribution is 7.07. The Hall–Kier alpha value is -1.81. The molecule has 2 aromatic rings. The van der Waals surface area contributed by atoms with Gasteiger partial charge in [-0.2, -0.15) is 11.3 Å². The Morgan fingerprint density at radius 1 is 1.16 bits per heavy atom. The van der Waals surface area contributed by atoms with Crippen LogP contribution in [0.2, 0.25) is 0 Å². The van der Waals surface area contributed by atoms with Crippen molar-refractivity contribution < 1.29 is 4.79 Å². The first-order valence-corrected chi connectivity index (χ1v) is 7.13. The van der Waals surface area contributed by atoms with Gasteiger partial charge in [-0.15, -0.1) is 0 Å². The van der Waals surface area contributed by atoms with E-state index in [9.17, 15) is 4.79 Å². The highest BCUT2D eigenvalue weighted by Crippen LogP contribution is 2.12. The fourth-order valence-corrected chi connectivity index (χ4v) is 2.42. The van der Waals surface area contributed by atoms with E-state index in [1.54, 1.807) is 11.3 Å². The maximum Gasteiger partial charge on any atom is 0.224 e. The maximum absolute atomic E-state index is 11.7. The third-order valence-corrected chi connectivity index (χ3v) is 3.62. The van der Waals surface area contributed by atoms with Crippen molar-refractivity contribution in [2.24, 2.45) is 0 Å². The van der Waals surface area contributed by atoms with Gasteiger partial charge in [0, 0.05) is 26.3 Å². The molecule has 0 fully saturated rings. The summed E-state index contributed by atoms with van der Waals surface area (Å²) in [7, 11) is 4.02. The average molecular weight is 274 g/mol. The van der Waals surface area contributed by atoms with Gasteiger partial charge in [-0.05, 0) is 40.1 Å². The van der Waals surface area contributed by atoms with Crippen LogP contribution in [0.15, 0.2) is 41.1 Å². The first-order chi connectivity index (χ1) is 9.15. The summed E-state index contributed by atoms with van der Waals surface area (Å²) < 4.78 is 0. The lowest BCUT2D eigenvalue weighted by Crippen LogP contribution is -2.24. The van der Waals surface area contributed by atoms with E-state index in [0.717, 1.165) is 16.8 Å². The zero-order valence-corrected chi connectivity index (χ0v) is 12.0. The van der Waals surface area contributed by atoms with E-state index in [1.807, 2.05) is 43.1 Å². The fraction of sp³-hybridized carbons (Fsp3) is 0.267. The van der Waals surface area contributed by atoms with E-state index in [-0.39, 0.29) is 5.91 Å². The molecule has 1 amide bonds. The lowest BCUT2D eigenvalue weighted by Gasteiger charge is -2.12. The Kier molecular flexibility index (Phi) is 4.58. The van der Waals surface area contributed by atoms with Crippen molar-refractivity contribution in [1.29, 1.82) is 0 Å². The van der Waals surface area contributed by atoms with Gasteiger partial charge < -0.3 is 10.2 Å². The lowest BCUT2D eigenvalue weighted by molar-refractivity contribution is -0.120. The van der Waals surface area contributed by atoms with Crippen LogP contribution in [-0.4, -0.2) is 20.0 Å². The molecule has 0 aliphatic rings. The number of carbonyl (C=O) groups is 1. The molecule has 1 aromatic carbocycles. The topological polar surface area (TPSA) is 32.3 Å². The molecule has 0 saturated carbocycles. The van der Waals surface area contributed by atoms with Gasteiger partial charge in [0.15, 0.2) is 0 Å². The minimum absolute atomic E-state index is 0.0649. The Balaban J connectivity index is 1.83. The molecule has 0 atom stereocenters. The summed E-state index contributed by atoms with van der Waals surface area (Å²) in [6, 6.07) is 10.2. The Morgan fingerprint density at radius 2 is 1.89 bits per heavy atom. The molecular weight excluding hydrogens is 256 g/mol. The molecule has 4 heteroatoms. The molecule has 0 unspecified atom stereocenters. The first-order valence-electron chi connectivity index (χ1n) is 6.19. The summed E-state index contributed by atoms with van der Waals surface area (Å²) in [5.74, 6) is 0.0649. The van der Waals surface area contributed by atoms with Crippen molar-refractivity contribution in [2.75, 3.05) is 19.0 Å². The molecule has 1 N–H and O–H groups in total. The molecule has 1 aromatic heterocycles. The number of benzene rings is 1. The molecule has 0 radical (unpaired) electrons. The Labute approximate surface area is 117 Å². The van der Waals surface area contributed by atoms with Gasteiger partial charge in [-0.25, -0.2) is 0 Å². The summed E-state index contributed by atoms with van der Waals surface area (Å²) in [6.07, 6.45) is 0.458. The summed E-state index contributed by atoms with van der Waals surface area (Å²) in [6.45, 7) is 0.580. The third kappa shape index (κ3) is 4.10. The van der Waals surface area contributed by atoms with Crippen LogP contribution in [0.25, 0.3) is 0 Å². The van der Waals surface area contributed by atoms with Crippen LogP contribution in [0.1, 0.15) is 11.1 Å². The van der Waals surface area contributed by atoms with Gasteiger partial charge in [-0.3, -0.25) is 4.79 Å². The van der Waals surface area contributed by atoms with Crippen LogP contribution >= 0.6 is 11.3 Å². The van der Waals surface area contributed by atoms with E-state index in [4.69, 9.17) is 0 Å². The number of nitrogens with one attached hydrogen (secondary N) is 1. The molecule has 2 rings (SSSR count). The van der Waals surface area contributed by atoms with Gasteiger partial charge in [-0.1, -0.05) is 12.1 Å². The van der Waals surface area contributed by atoms with E-state index < -0.39 is 0 Å². The number of amides is 1. The van der Waals surface area contributed by atoms with Crippen LogP contribution < -0.4 is 10.2 Å². The number of hydrogen-bond acceptors (Lipinski definition) is 3. The second-order valence-electron chi connectivity index (χ2n) is 4.65. The van der Waals surface area contributed by atoms with Crippen molar-refractivity contribution in [3.63, 3.8) is 0 Å². The fourth-order valence-electron chi connectivity index (χ4n) is 1.75. The minimum Gasteiger partial charge on any atom is -0.378 e. The number of carbonyl (C=O) groups excluding carboxylic acids is 1. The summed E-state index contributed by atoms with van der Waals surface area (Å²) in [4.78, 5) is 13.8. The number of hydrogen-bond donors (Lipinski definition) is 1. The predicted octanol–water partition coefficient (Wildman–Crippen LogP) is 2.67. The van der Waals surface area contributed by atoms with Crippen LogP contribution in [0, 0.1) is 0 Å². The van der Waals surface area contributed by atoms with Crippen molar-refractivity contribution in [2.45, 2.75) is 13.0 Å². The molecule has 100 valence electrons. The maximum atomic E-state index is 11.7. The lowest BCUT2D eigenvalue weighted by atomic mass is 10.2. The molecule has 0 bridgehead atoms. The van der Waals surface area contributed by atoms with Gasteiger partial charge in [0.1, 0.15) is 0 Å². The van der Waals surface area contributed by atoms with Crippen LogP contribution in [0.5, 0.6) is 0 Å². The molecule has 3 nitrogen and oxygen atoms in total. The van der Waals surface area contributed by atoms with Crippen molar-refractivity contribution in [3.8, 4) is 0 Å². The van der Waals surface area contributed by atoms with E-state index >= 15 is 0 Å². The zero-order chi connectivity index (χ0) is 13.7. The summed E-state index contributed by atoms with van der Waals surface area (Å²) in [5.41, 5.74) is 3.35. The van der Waals surface area contributed by atoms with Crippen molar-refractivity contribution in [3.05, 3.63) is 52.2 Å². The summed E-state index contributed by atoms with van der Waals surface area (Å²) >= 11 is 1.62. The molecule has 1 heterocycles. The predicted molar refractivity (Wildman–Crippen MR) is 80.6 cm³/mol. The minimum atomic E-state index is 0.0649. The van der Waals surface area contributed by atoms with Gasteiger partial charge in [0.2, 0.25) is 5.91 Å². The number of rotatable bonds is 5. The third-order valence-electron chi connectivity index (χ3n) is 2.89. The number of nitrogens with zero attached hydrogens (tertiary/aromatic N) is 1. The highest BCUT2D eigenvalue weighted by atomic mass is 32.1. The van der Waals surface area contributed by atoms with Gasteiger partial charge in [0.05, 0.1) is 6.42 Å². The summed E-state index contributed by atoms with van der Waals surface area (Å²) in [5, 5.41) is 6.93. The standard InChI is InChI=1S/C15H18N2OS/c1-17(2)14-5-3-12(4-6-14)10-16-15(18)9-13-7-8-19-11-13/h3-8,11H,9-10H2,1-2H3,(H,16,18). The Bertz CT molecular complexity index is 518. The van der Waals surface area contributed by atoms with E-state index in [1.165, 1.54) is 0 Å². The smallest absolute Gasteiger partial charge is 0.224 e. The van der Waals surface area contributed by atoms with E-state index in [0.29, 0.717) is 13.0 Å². The number of anilines is 1. The highest BCUT2D eigenvalue weighted by Gasteiger charge is 2.03. The normalized spacial score (nSPS) is 10.2. The molecule has 0 saturated heterocycles. The SMILES string of the molecule is CN(C)c1ccc(CNC(=O)Cc2ccsc2)cc1. The second kappa shape index (κ2) is 6.38. The molecule has 0 spiro atoms. The molecular formula is C15H18N2OS. The monoisotopic (exact) mass is 274 g/mol. The van der Waals surface area contributed by atoms with Crippen LogP contribution in [0.4, 0.5) is 5.69 Å². The van der Waals surface area contributed by atoms with Gasteiger partial charge in [0.25, 0.3) is 0 Å². The average Bonchev–Trinajstić information content (AvgIpc) is 2.89. The molecule has 19 heavy (non-hydrogen) atoms. The van der Waals surface area contributed by atoms with Crippen LogP contribution in [0.3, 0.4) is 0 Å². The van der Waals surface area contributed by atoms with Gasteiger partial charge >= 0.3 is 0 Å². The number of thiophene rings is 1. The van der Waals surface area contributed by atoms with Crippen LogP contribution in [-0.2, 0) is 17.8 Å². The largest absolute Gasteiger partial charge is 0.378 e. The van der Waals surface area contributed by atoms with Crippen molar-refractivity contribution >= 4 is 22.9 Å². The Morgan fingerprint density at radius 3 is 2.47 bits per heavy atom. The van der Waals surface area contributed by atoms with Crippen molar-refractivity contribution in [1.82, 2.24) is 5.32 Å². The molecule has 0 aliphatic carbocycles. The quantitative estimate of drug-likeness (QED) is 0.909. The molecule has 0 aliphatic heterocycles. The van der Waals surface area contributed by atoms with E-state index in [2.05, 4.69) is 22.3 Å².